The molecule has 1 amide bonds. The summed E-state index contributed by atoms with van der Waals surface area (Å²) in [4.78, 5) is 12.5. The quantitative estimate of drug-likeness (QED) is 0.561. The zero-order chi connectivity index (χ0) is 20.4. The number of anilines is 1. The minimum atomic E-state index is -3.61. The molecule has 0 aliphatic rings. The molecule has 0 aliphatic heterocycles. The number of carbonyl (C=O) groups excluding carboxylic acids is 1. The summed E-state index contributed by atoms with van der Waals surface area (Å²) in [7, 11) is -2.11. The number of hydrogen-bond donors (Lipinski definition) is 2. The van der Waals surface area contributed by atoms with Crippen LogP contribution in [0.1, 0.15) is 42.1 Å². The van der Waals surface area contributed by atoms with E-state index in [0.29, 0.717) is 11.3 Å². The third-order valence-electron chi connectivity index (χ3n) is 4.31. The molecular weight excluding hydrogens is 376 g/mol. The predicted molar refractivity (Wildman–Crippen MR) is 111 cm³/mol. The van der Waals surface area contributed by atoms with Gasteiger partial charge >= 0.3 is 0 Å². The van der Waals surface area contributed by atoms with Crippen LogP contribution >= 0.6 is 0 Å². The van der Waals surface area contributed by atoms with Crippen LogP contribution in [0.2, 0.25) is 0 Å². The number of ether oxygens (including phenoxy) is 1. The number of methoxy groups -OCH3 is 1. The summed E-state index contributed by atoms with van der Waals surface area (Å²) >= 11 is 0. The Labute approximate surface area is 167 Å². The Morgan fingerprint density at radius 3 is 2.29 bits per heavy atom. The topological polar surface area (TPSA) is 84.5 Å². The number of amides is 1. The molecule has 0 spiro atoms. The summed E-state index contributed by atoms with van der Waals surface area (Å²) in [6.07, 6.45) is 4.61. The average Bonchev–Trinajstić information content (AvgIpc) is 2.70. The molecule has 0 bridgehead atoms. The van der Waals surface area contributed by atoms with Gasteiger partial charge in [0.05, 0.1) is 11.5 Å². The second-order valence-corrected chi connectivity index (χ2v) is 8.29. The molecule has 0 aliphatic carbocycles. The van der Waals surface area contributed by atoms with Crippen LogP contribution in [0.5, 0.6) is 0 Å². The lowest BCUT2D eigenvalue weighted by Crippen LogP contribution is -2.27. The standard InChI is InChI=1S/C21H28N2O4S/c1-3-4-5-6-17-7-11-19(12-8-17)23-21(24)18-9-13-20(14-10-18)28(25,26)22-15-16-27-2/h7-14,22H,3-6,15-16H2,1-2H3,(H,23,24). The summed E-state index contributed by atoms with van der Waals surface area (Å²) in [6.45, 7) is 2.66. The second-order valence-electron chi connectivity index (χ2n) is 6.52. The van der Waals surface area contributed by atoms with Crippen molar-refractivity contribution in [1.29, 1.82) is 0 Å². The fraction of sp³-hybridized carbons (Fsp3) is 0.381. The van der Waals surface area contributed by atoms with Crippen molar-refractivity contribution in [3.63, 3.8) is 0 Å². The highest BCUT2D eigenvalue weighted by atomic mass is 32.2. The van der Waals surface area contributed by atoms with Gasteiger partial charge in [0.2, 0.25) is 10.0 Å². The fourth-order valence-electron chi connectivity index (χ4n) is 2.68. The lowest BCUT2D eigenvalue weighted by Gasteiger charge is -2.09. The van der Waals surface area contributed by atoms with Gasteiger partial charge in [-0.2, -0.15) is 0 Å². The van der Waals surface area contributed by atoms with Gasteiger partial charge in [-0.05, 0) is 54.8 Å². The zero-order valence-corrected chi connectivity index (χ0v) is 17.2. The molecule has 0 saturated heterocycles. The van der Waals surface area contributed by atoms with E-state index in [1.165, 1.54) is 49.8 Å². The monoisotopic (exact) mass is 404 g/mol. The molecule has 0 heterocycles. The maximum atomic E-state index is 12.4. The molecular formula is C21H28N2O4S. The van der Waals surface area contributed by atoms with Crippen LogP contribution in [0.3, 0.4) is 0 Å². The number of aryl methyl sites for hydroxylation is 1. The van der Waals surface area contributed by atoms with E-state index in [2.05, 4.69) is 17.0 Å². The molecule has 2 aromatic carbocycles. The van der Waals surface area contributed by atoms with E-state index in [0.717, 1.165) is 12.8 Å². The van der Waals surface area contributed by atoms with Crippen molar-refractivity contribution < 1.29 is 17.9 Å². The van der Waals surface area contributed by atoms with E-state index in [-0.39, 0.29) is 24.0 Å². The van der Waals surface area contributed by atoms with Gasteiger partial charge in [-0.1, -0.05) is 31.9 Å². The Hall–Kier alpha value is -2.22. The van der Waals surface area contributed by atoms with Crippen LogP contribution in [-0.2, 0) is 21.2 Å². The first-order chi connectivity index (χ1) is 13.5. The van der Waals surface area contributed by atoms with Gasteiger partial charge in [0, 0.05) is 24.9 Å². The van der Waals surface area contributed by atoms with Crippen molar-refractivity contribution in [3.8, 4) is 0 Å². The molecule has 0 aromatic heterocycles. The number of benzene rings is 2. The molecule has 0 saturated carbocycles. The average molecular weight is 405 g/mol. The van der Waals surface area contributed by atoms with E-state index in [1.54, 1.807) is 0 Å². The van der Waals surface area contributed by atoms with Gasteiger partial charge in [-0.15, -0.1) is 0 Å². The smallest absolute Gasteiger partial charge is 0.255 e. The van der Waals surface area contributed by atoms with Crippen molar-refractivity contribution in [2.75, 3.05) is 25.6 Å². The summed E-state index contributed by atoms with van der Waals surface area (Å²) < 4.78 is 31.5. The van der Waals surface area contributed by atoms with Crippen molar-refractivity contribution in [2.24, 2.45) is 0 Å². The molecule has 2 aromatic rings. The Balaban J connectivity index is 1.95. The summed E-state index contributed by atoms with van der Waals surface area (Å²) in [5, 5.41) is 2.83. The number of unbranched alkanes of at least 4 members (excludes halogenated alkanes) is 2. The highest BCUT2D eigenvalue weighted by molar-refractivity contribution is 7.89. The number of nitrogens with one attached hydrogen (secondary N) is 2. The second kappa shape index (κ2) is 10.9. The van der Waals surface area contributed by atoms with Crippen molar-refractivity contribution in [1.82, 2.24) is 4.72 Å². The molecule has 0 unspecified atom stereocenters. The van der Waals surface area contributed by atoms with Gasteiger partial charge in [-0.3, -0.25) is 4.79 Å². The first kappa shape index (κ1) is 22.1. The van der Waals surface area contributed by atoms with Crippen molar-refractivity contribution >= 4 is 21.6 Å². The largest absolute Gasteiger partial charge is 0.383 e. The van der Waals surface area contributed by atoms with Gasteiger partial charge in [0.1, 0.15) is 0 Å². The Morgan fingerprint density at radius 2 is 1.68 bits per heavy atom. The first-order valence-corrected chi connectivity index (χ1v) is 10.9. The summed E-state index contributed by atoms with van der Waals surface area (Å²) in [6, 6.07) is 13.6. The van der Waals surface area contributed by atoms with E-state index in [4.69, 9.17) is 4.74 Å². The first-order valence-electron chi connectivity index (χ1n) is 9.45. The van der Waals surface area contributed by atoms with Crippen molar-refractivity contribution in [2.45, 2.75) is 37.5 Å². The third-order valence-corrected chi connectivity index (χ3v) is 5.78. The highest BCUT2D eigenvalue weighted by Crippen LogP contribution is 2.15. The van der Waals surface area contributed by atoms with Crippen LogP contribution in [0.4, 0.5) is 5.69 Å². The number of carbonyl (C=O) groups is 1. The Bertz CT molecular complexity index is 847. The maximum absolute atomic E-state index is 12.4. The maximum Gasteiger partial charge on any atom is 0.255 e. The highest BCUT2D eigenvalue weighted by Gasteiger charge is 2.14. The SMILES string of the molecule is CCCCCc1ccc(NC(=O)c2ccc(S(=O)(=O)NCCOC)cc2)cc1. The lowest BCUT2D eigenvalue weighted by molar-refractivity contribution is 0.102. The Kier molecular flexibility index (Phi) is 8.63. The molecule has 7 heteroatoms. The summed E-state index contributed by atoms with van der Waals surface area (Å²) in [5.41, 5.74) is 2.35. The number of sulfonamides is 1. The van der Waals surface area contributed by atoms with Crippen LogP contribution in [-0.4, -0.2) is 34.6 Å². The third kappa shape index (κ3) is 6.74. The fourth-order valence-corrected chi connectivity index (χ4v) is 3.70. The van der Waals surface area contributed by atoms with Crippen LogP contribution in [0, 0.1) is 0 Å². The van der Waals surface area contributed by atoms with Crippen LogP contribution in [0.25, 0.3) is 0 Å². The molecule has 0 fully saturated rings. The lowest BCUT2D eigenvalue weighted by atomic mass is 10.1. The van der Waals surface area contributed by atoms with Gasteiger partial charge in [0.25, 0.3) is 5.91 Å². The predicted octanol–water partition coefficient (Wildman–Crippen LogP) is 3.60. The molecule has 6 nitrogen and oxygen atoms in total. The number of hydrogen-bond acceptors (Lipinski definition) is 4. The van der Waals surface area contributed by atoms with Crippen molar-refractivity contribution in [3.05, 3.63) is 59.7 Å². The van der Waals surface area contributed by atoms with Gasteiger partial charge < -0.3 is 10.1 Å². The number of rotatable bonds is 11. The van der Waals surface area contributed by atoms with Gasteiger partial charge in [0.15, 0.2) is 0 Å². The molecule has 0 radical (unpaired) electrons. The molecule has 152 valence electrons. The van der Waals surface area contributed by atoms with E-state index < -0.39 is 10.0 Å². The minimum absolute atomic E-state index is 0.108. The molecule has 2 N–H and O–H groups in total. The minimum Gasteiger partial charge on any atom is -0.383 e. The van der Waals surface area contributed by atoms with Gasteiger partial charge in [-0.25, -0.2) is 13.1 Å². The van der Waals surface area contributed by atoms with E-state index >= 15 is 0 Å². The zero-order valence-electron chi connectivity index (χ0n) is 16.4. The Morgan fingerprint density at radius 1 is 1.00 bits per heavy atom. The molecule has 28 heavy (non-hydrogen) atoms. The molecule has 0 atom stereocenters. The van der Waals surface area contributed by atoms with Crippen LogP contribution < -0.4 is 10.0 Å². The normalized spacial score (nSPS) is 11.4. The van der Waals surface area contributed by atoms with E-state index in [1.807, 2.05) is 24.3 Å². The molecule has 2 rings (SSSR count). The van der Waals surface area contributed by atoms with E-state index in [9.17, 15) is 13.2 Å². The van der Waals surface area contributed by atoms with Crippen LogP contribution in [0.15, 0.2) is 53.4 Å². The summed E-state index contributed by atoms with van der Waals surface area (Å²) in [5.74, 6) is -0.282.